The van der Waals surface area contributed by atoms with Crippen LogP contribution in [0.5, 0.6) is 0 Å². The lowest BCUT2D eigenvalue weighted by atomic mass is 10.2. The molecule has 0 amide bonds. The molecule has 0 atom stereocenters. The van der Waals surface area contributed by atoms with Gasteiger partial charge in [0, 0.05) is 15.1 Å². The molecule has 1 heterocycles. The maximum atomic E-state index is 5.86. The molecule has 4 nitrogen and oxygen atoms in total. The highest BCUT2D eigenvalue weighted by Crippen LogP contribution is 2.17. The van der Waals surface area contributed by atoms with Crippen LogP contribution in [0, 0.1) is 0 Å². The van der Waals surface area contributed by atoms with Crippen molar-refractivity contribution in [3.05, 3.63) is 63.6 Å². The summed E-state index contributed by atoms with van der Waals surface area (Å²) in [6.45, 7) is 0.570. The van der Waals surface area contributed by atoms with Crippen molar-refractivity contribution >= 4 is 27.5 Å². The highest BCUT2D eigenvalue weighted by Gasteiger charge is 2.06. The first-order chi connectivity index (χ1) is 9.70. The number of rotatable bonds is 3. The van der Waals surface area contributed by atoms with Crippen molar-refractivity contribution in [2.75, 3.05) is 0 Å². The van der Waals surface area contributed by atoms with Crippen LogP contribution in [0.4, 0.5) is 0 Å². The van der Waals surface area contributed by atoms with Crippen molar-refractivity contribution < 1.29 is 0 Å². The van der Waals surface area contributed by atoms with Gasteiger partial charge in [0.05, 0.1) is 6.54 Å². The zero-order valence-corrected chi connectivity index (χ0v) is 12.7. The minimum absolute atomic E-state index is 0.570. The summed E-state index contributed by atoms with van der Waals surface area (Å²) in [5.41, 5.74) is 2.02. The van der Waals surface area contributed by atoms with E-state index in [1.165, 1.54) is 0 Å². The summed E-state index contributed by atoms with van der Waals surface area (Å²) in [5.74, 6) is 0.617. The monoisotopic (exact) mass is 348 g/mol. The van der Waals surface area contributed by atoms with Crippen LogP contribution in [0.15, 0.2) is 53.0 Å². The Morgan fingerprint density at radius 2 is 1.70 bits per heavy atom. The van der Waals surface area contributed by atoms with Gasteiger partial charge in [-0.1, -0.05) is 39.7 Å². The molecule has 0 aliphatic carbocycles. The van der Waals surface area contributed by atoms with E-state index in [-0.39, 0.29) is 0 Å². The van der Waals surface area contributed by atoms with Gasteiger partial charge in [0.1, 0.15) is 0 Å². The van der Waals surface area contributed by atoms with Gasteiger partial charge < -0.3 is 0 Å². The van der Waals surface area contributed by atoms with Crippen LogP contribution >= 0.6 is 27.5 Å². The molecule has 0 saturated carbocycles. The fraction of sp³-hybridized carbons (Fsp3) is 0.0714. The predicted molar refractivity (Wildman–Crippen MR) is 81.5 cm³/mol. The molecule has 0 aliphatic heterocycles. The van der Waals surface area contributed by atoms with Crippen LogP contribution in [-0.4, -0.2) is 20.2 Å². The Kier molecular flexibility index (Phi) is 3.80. The third-order valence-corrected chi connectivity index (χ3v) is 3.57. The van der Waals surface area contributed by atoms with Gasteiger partial charge in [0.2, 0.25) is 5.82 Å². The molecule has 3 aromatic rings. The maximum Gasteiger partial charge on any atom is 0.204 e. The molecule has 3 rings (SSSR count). The number of hydrogen-bond acceptors (Lipinski definition) is 3. The molecule has 0 bridgehead atoms. The van der Waals surface area contributed by atoms with E-state index in [2.05, 4.69) is 31.3 Å². The molecule has 2 aromatic carbocycles. The number of aromatic nitrogens is 4. The highest BCUT2D eigenvalue weighted by molar-refractivity contribution is 9.10. The van der Waals surface area contributed by atoms with Crippen LogP contribution < -0.4 is 0 Å². The second kappa shape index (κ2) is 5.73. The number of nitrogens with zero attached hydrogens (tertiary/aromatic N) is 4. The molecule has 100 valence electrons. The van der Waals surface area contributed by atoms with E-state index in [1.54, 1.807) is 4.80 Å². The van der Waals surface area contributed by atoms with E-state index in [0.29, 0.717) is 12.4 Å². The SMILES string of the molecule is Clc1ccc(Cn2nnc(-c3ccc(Br)cc3)n2)cc1. The Hall–Kier alpha value is -1.72. The standard InChI is InChI=1S/C14H10BrClN4/c15-12-5-3-11(4-6-12)14-17-19-20(18-14)9-10-1-7-13(16)8-2-10/h1-8H,9H2. The van der Waals surface area contributed by atoms with E-state index >= 15 is 0 Å². The Morgan fingerprint density at radius 3 is 2.40 bits per heavy atom. The minimum atomic E-state index is 0.570. The Labute approximate surface area is 129 Å². The van der Waals surface area contributed by atoms with E-state index < -0.39 is 0 Å². The summed E-state index contributed by atoms with van der Waals surface area (Å²) in [6.07, 6.45) is 0. The summed E-state index contributed by atoms with van der Waals surface area (Å²) in [4.78, 5) is 1.57. The fourth-order valence-electron chi connectivity index (χ4n) is 1.78. The van der Waals surface area contributed by atoms with Crippen molar-refractivity contribution in [3.8, 4) is 11.4 Å². The van der Waals surface area contributed by atoms with Gasteiger partial charge in [0.15, 0.2) is 0 Å². The van der Waals surface area contributed by atoms with Gasteiger partial charge in [-0.2, -0.15) is 4.80 Å². The van der Waals surface area contributed by atoms with Gasteiger partial charge >= 0.3 is 0 Å². The normalized spacial score (nSPS) is 10.7. The molecule has 0 saturated heterocycles. The van der Waals surface area contributed by atoms with Crippen LogP contribution in [-0.2, 0) is 6.54 Å². The van der Waals surface area contributed by atoms with Crippen LogP contribution in [0.25, 0.3) is 11.4 Å². The molecule has 0 radical (unpaired) electrons. The maximum absolute atomic E-state index is 5.86. The van der Waals surface area contributed by atoms with Gasteiger partial charge in [-0.15, -0.1) is 10.2 Å². The Bertz CT molecular complexity index is 707. The Morgan fingerprint density at radius 1 is 1.00 bits per heavy atom. The average molecular weight is 350 g/mol. The topological polar surface area (TPSA) is 43.6 Å². The third-order valence-electron chi connectivity index (χ3n) is 2.79. The second-order valence-electron chi connectivity index (χ2n) is 4.28. The van der Waals surface area contributed by atoms with E-state index in [4.69, 9.17) is 11.6 Å². The van der Waals surface area contributed by atoms with Gasteiger partial charge in [-0.3, -0.25) is 0 Å². The van der Waals surface area contributed by atoms with Gasteiger partial charge in [-0.05, 0) is 47.2 Å². The summed E-state index contributed by atoms with van der Waals surface area (Å²) < 4.78 is 1.02. The smallest absolute Gasteiger partial charge is 0.159 e. The van der Waals surface area contributed by atoms with Gasteiger partial charge in [-0.25, -0.2) is 0 Å². The lowest BCUT2D eigenvalue weighted by Gasteiger charge is -1.99. The number of hydrogen-bond donors (Lipinski definition) is 0. The van der Waals surface area contributed by atoms with Crippen molar-refractivity contribution in [2.24, 2.45) is 0 Å². The zero-order chi connectivity index (χ0) is 13.9. The molecular formula is C14H10BrClN4. The molecular weight excluding hydrogens is 340 g/mol. The van der Waals surface area contributed by atoms with Crippen LogP contribution in [0.2, 0.25) is 5.02 Å². The van der Waals surface area contributed by atoms with Crippen molar-refractivity contribution in [3.63, 3.8) is 0 Å². The summed E-state index contributed by atoms with van der Waals surface area (Å²) in [7, 11) is 0. The fourth-order valence-corrected chi connectivity index (χ4v) is 2.17. The van der Waals surface area contributed by atoms with Gasteiger partial charge in [0.25, 0.3) is 0 Å². The molecule has 0 fully saturated rings. The van der Waals surface area contributed by atoms with Crippen LogP contribution in [0.3, 0.4) is 0 Å². The zero-order valence-electron chi connectivity index (χ0n) is 10.4. The molecule has 0 N–H and O–H groups in total. The highest BCUT2D eigenvalue weighted by atomic mass is 79.9. The summed E-state index contributed by atoms with van der Waals surface area (Å²) in [6, 6.07) is 15.4. The first-order valence-corrected chi connectivity index (χ1v) is 7.16. The lowest BCUT2D eigenvalue weighted by Crippen LogP contribution is -2.03. The quantitative estimate of drug-likeness (QED) is 0.722. The van der Waals surface area contributed by atoms with Crippen molar-refractivity contribution in [2.45, 2.75) is 6.54 Å². The first-order valence-electron chi connectivity index (χ1n) is 5.99. The number of halogens is 2. The molecule has 6 heteroatoms. The lowest BCUT2D eigenvalue weighted by molar-refractivity contribution is 0.573. The first kappa shape index (κ1) is 13.3. The molecule has 0 aliphatic rings. The van der Waals surface area contributed by atoms with E-state index in [1.807, 2.05) is 48.5 Å². The predicted octanol–water partition coefficient (Wildman–Crippen LogP) is 3.80. The summed E-state index contributed by atoms with van der Waals surface area (Å²) in [5, 5.41) is 13.2. The van der Waals surface area contributed by atoms with Crippen LogP contribution in [0.1, 0.15) is 5.56 Å². The van der Waals surface area contributed by atoms with E-state index in [9.17, 15) is 0 Å². The second-order valence-corrected chi connectivity index (χ2v) is 5.63. The number of benzene rings is 2. The van der Waals surface area contributed by atoms with Crippen molar-refractivity contribution in [1.29, 1.82) is 0 Å². The largest absolute Gasteiger partial charge is 0.204 e. The third kappa shape index (κ3) is 3.05. The number of tetrazole rings is 1. The molecule has 0 spiro atoms. The average Bonchev–Trinajstić information content (AvgIpc) is 2.91. The van der Waals surface area contributed by atoms with E-state index in [0.717, 1.165) is 20.6 Å². The van der Waals surface area contributed by atoms with Crippen molar-refractivity contribution in [1.82, 2.24) is 20.2 Å². The summed E-state index contributed by atoms with van der Waals surface area (Å²) >= 11 is 9.26. The minimum Gasteiger partial charge on any atom is -0.159 e. The molecule has 20 heavy (non-hydrogen) atoms. The Balaban J connectivity index is 1.80. The molecule has 1 aromatic heterocycles. The molecule has 0 unspecified atom stereocenters.